The molecule has 1 aliphatic heterocycles. The van der Waals surface area contributed by atoms with Crippen LogP contribution in [0.25, 0.3) is 0 Å². The summed E-state index contributed by atoms with van der Waals surface area (Å²) >= 11 is 2.09. The number of aryl methyl sites for hydroxylation is 1. The molecule has 2 rings (SSSR count). The van der Waals surface area contributed by atoms with Crippen LogP contribution in [0.5, 0.6) is 0 Å². The van der Waals surface area contributed by atoms with Crippen LogP contribution in [0.1, 0.15) is 44.1 Å². The van der Waals surface area contributed by atoms with Crippen LogP contribution in [0.3, 0.4) is 0 Å². The van der Waals surface area contributed by atoms with E-state index in [1.165, 1.54) is 18.6 Å². The Labute approximate surface area is 108 Å². The number of aromatic nitrogens is 2. The lowest BCUT2D eigenvalue weighted by Crippen LogP contribution is -2.35. The van der Waals surface area contributed by atoms with Gasteiger partial charge in [0.25, 0.3) is 0 Å². The SMILES string of the molecule is Cc1nccnc1C(C)NCC1(C)CCCS1. The minimum atomic E-state index is 0.279. The second-order valence-corrected chi connectivity index (χ2v) is 6.71. The fraction of sp³-hybridized carbons (Fsp3) is 0.692. The minimum Gasteiger partial charge on any atom is -0.307 e. The van der Waals surface area contributed by atoms with Gasteiger partial charge in [0.05, 0.1) is 11.4 Å². The Morgan fingerprint density at radius 1 is 1.47 bits per heavy atom. The van der Waals surface area contributed by atoms with Crippen molar-refractivity contribution in [3.8, 4) is 0 Å². The number of rotatable bonds is 4. The van der Waals surface area contributed by atoms with E-state index in [1.54, 1.807) is 12.4 Å². The van der Waals surface area contributed by atoms with Gasteiger partial charge in [-0.1, -0.05) is 0 Å². The molecule has 0 saturated carbocycles. The highest BCUT2D eigenvalue weighted by atomic mass is 32.2. The molecule has 2 heterocycles. The van der Waals surface area contributed by atoms with E-state index in [0.717, 1.165) is 17.9 Å². The Morgan fingerprint density at radius 2 is 2.24 bits per heavy atom. The standard InChI is InChI=1S/C13H21N3S/c1-10-12(15-7-6-14-10)11(2)16-9-13(3)5-4-8-17-13/h6-7,11,16H,4-5,8-9H2,1-3H3. The summed E-state index contributed by atoms with van der Waals surface area (Å²) in [4.78, 5) is 8.70. The molecule has 2 unspecified atom stereocenters. The van der Waals surface area contributed by atoms with E-state index < -0.39 is 0 Å². The van der Waals surface area contributed by atoms with Gasteiger partial charge in [0, 0.05) is 29.7 Å². The minimum absolute atomic E-state index is 0.279. The van der Waals surface area contributed by atoms with Crippen molar-refractivity contribution in [1.29, 1.82) is 0 Å². The van der Waals surface area contributed by atoms with Crippen LogP contribution in [-0.4, -0.2) is 27.0 Å². The number of thioether (sulfide) groups is 1. The number of hydrogen-bond donors (Lipinski definition) is 1. The van der Waals surface area contributed by atoms with E-state index >= 15 is 0 Å². The van der Waals surface area contributed by atoms with Gasteiger partial charge in [0.15, 0.2) is 0 Å². The average Bonchev–Trinajstić information content (AvgIpc) is 2.74. The van der Waals surface area contributed by atoms with Crippen LogP contribution >= 0.6 is 11.8 Å². The van der Waals surface area contributed by atoms with Gasteiger partial charge in [-0.2, -0.15) is 11.8 Å². The first-order valence-electron chi connectivity index (χ1n) is 6.26. The third kappa shape index (κ3) is 3.19. The molecular formula is C13H21N3S. The number of nitrogens with zero attached hydrogens (tertiary/aromatic N) is 2. The highest BCUT2D eigenvalue weighted by Gasteiger charge is 2.29. The van der Waals surface area contributed by atoms with Gasteiger partial charge in [-0.25, -0.2) is 0 Å². The fourth-order valence-electron chi connectivity index (χ4n) is 2.29. The van der Waals surface area contributed by atoms with E-state index in [-0.39, 0.29) is 6.04 Å². The zero-order chi connectivity index (χ0) is 12.3. The van der Waals surface area contributed by atoms with Gasteiger partial charge in [-0.15, -0.1) is 0 Å². The van der Waals surface area contributed by atoms with Crippen molar-refractivity contribution < 1.29 is 0 Å². The summed E-state index contributed by atoms with van der Waals surface area (Å²) in [5, 5.41) is 3.60. The van der Waals surface area contributed by atoms with Crippen LogP contribution in [0, 0.1) is 6.92 Å². The monoisotopic (exact) mass is 251 g/mol. The lowest BCUT2D eigenvalue weighted by molar-refractivity contribution is 0.482. The Kier molecular flexibility index (Phi) is 4.05. The summed E-state index contributed by atoms with van der Waals surface area (Å²) in [7, 11) is 0. The maximum atomic E-state index is 4.41. The molecule has 0 bridgehead atoms. The highest BCUT2D eigenvalue weighted by Crippen LogP contribution is 2.37. The molecule has 0 aliphatic carbocycles. The lowest BCUT2D eigenvalue weighted by Gasteiger charge is -2.25. The number of hydrogen-bond acceptors (Lipinski definition) is 4. The molecule has 2 atom stereocenters. The molecule has 1 fully saturated rings. The maximum absolute atomic E-state index is 4.41. The van der Waals surface area contributed by atoms with E-state index in [0.29, 0.717) is 4.75 Å². The summed E-state index contributed by atoms with van der Waals surface area (Å²) in [5.41, 5.74) is 2.09. The molecule has 0 amide bonds. The lowest BCUT2D eigenvalue weighted by atomic mass is 10.0. The van der Waals surface area contributed by atoms with Gasteiger partial charge >= 0.3 is 0 Å². The van der Waals surface area contributed by atoms with Crippen molar-refractivity contribution in [1.82, 2.24) is 15.3 Å². The topological polar surface area (TPSA) is 37.8 Å². The van der Waals surface area contributed by atoms with Crippen LogP contribution in [0.4, 0.5) is 0 Å². The predicted molar refractivity (Wildman–Crippen MR) is 73.3 cm³/mol. The first-order chi connectivity index (χ1) is 8.11. The third-order valence-corrected chi connectivity index (χ3v) is 4.95. The Hall–Kier alpha value is -0.610. The Morgan fingerprint density at radius 3 is 2.88 bits per heavy atom. The molecule has 0 radical (unpaired) electrons. The second kappa shape index (κ2) is 5.36. The van der Waals surface area contributed by atoms with Gasteiger partial charge in [0.2, 0.25) is 0 Å². The van der Waals surface area contributed by atoms with Crippen molar-refractivity contribution in [3.05, 3.63) is 23.8 Å². The molecule has 0 aromatic carbocycles. The van der Waals surface area contributed by atoms with Gasteiger partial charge in [-0.05, 0) is 39.4 Å². The molecule has 1 aliphatic rings. The van der Waals surface area contributed by atoms with Crippen LogP contribution in [0.15, 0.2) is 12.4 Å². The van der Waals surface area contributed by atoms with Gasteiger partial charge in [0.1, 0.15) is 0 Å². The summed E-state index contributed by atoms with van der Waals surface area (Å²) in [6, 6.07) is 0.279. The fourth-order valence-corrected chi connectivity index (χ4v) is 3.54. The van der Waals surface area contributed by atoms with E-state index in [1.807, 2.05) is 6.92 Å². The zero-order valence-corrected chi connectivity index (χ0v) is 11.7. The first kappa shape index (κ1) is 12.8. The van der Waals surface area contributed by atoms with Crippen molar-refractivity contribution >= 4 is 11.8 Å². The summed E-state index contributed by atoms with van der Waals surface area (Å²) in [6.45, 7) is 7.59. The van der Waals surface area contributed by atoms with Crippen LogP contribution < -0.4 is 5.32 Å². The van der Waals surface area contributed by atoms with Crippen molar-refractivity contribution in [2.75, 3.05) is 12.3 Å². The Bertz CT molecular complexity index is 375. The van der Waals surface area contributed by atoms with E-state index in [9.17, 15) is 0 Å². The molecule has 1 saturated heterocycles. The summed E-state index contributed by atoms with van der Waals surface area (Å²) in [5.74, 6) is 1.30. The summed E-state index contributed by atoms with van der Waals surface area (Å²) < 4.78 is 0.407. The van der Waals surface area contributed by atoms with Crippen molar-refractivity contribution in [2.45, 2.75) is 44.4 Å². The highest BCUT2D eigenvalue weighted by molar-refractivity contribution is 8.00. The molecule has 17 heavy (non-hydrogen) atoms. The van der Waals surface area contributed by atoms with Crippen molar-refractivity contribution in [3.63, 3.8) is 0 Å². The number of nitrogens with one attached hydrogen (secondary N) is 1. The van der Waals surface area contributed by atoms with E-state index in [4.69, 9.17) is 0 Å². The molecule has 0 spiro atoms. The van der Waals surface area contributed by atoms with Crippen LogP contribution in [-0.2, 0) is 0 Å². The second-order valence-electron chi connectivity index (χ2n) is 5.03. The smallest absolute Gasteiger partial charge is 0.0782 e. The van der Waals surface area contributed by atoms with Crippen molar-refractivity contribution in [2.24, 2.45) is 0 Å². The largest absolute Gasteiger partial charge is 0.307 e. The molecule has 1 aromatic rings. The normalized spacial score (nSPS) is 26.1. The van der Waals surface area contributed by atoms with Gasteiger partial charge in [-0.3, -0.25) is 9.97 Å². The molecule has 1 N–H and O–H groups in total. The predicted octanol–water partition coefficient (Wildman–Crippen LogP) is 2.72. The van der Waals surface area contributed by atoms with E-state index in [2.05, 4.69) is 40.9 Å². The molecule has 1 aromatic heterocycles. The average molecular weight is 251 g/mol. The molecule has 3 nitrogen and oxygen atoms in total. The maximum Gasteiger partial charge on any atom is 0.0782 e. The molecule has 94 valence electrons. The molecule has 4 heteroatoms. The van der Waals surface area contributed by atoms with Gasteiger partial charge < -0.3 is 5.32 Å². The first-order valence-corrected chi connectivity index (χ1v) is 7.24. The molecular weight excluding hydrogens is 230 g/mol. The quantitative estimate of drug-likeness (QED) is 0.893. The summed E-state index contributed by atoms with van der Waals surface area (Å²) in [6.07, 6.45) is 6.18. The zero-order valence-electron chi connectivity index (χ0n) is 10.9. The third-order valence-electron chi connectivity index (χ3n) is 3.41. The van der Waals surface area contributed by atoms with Crippen LogP contribution in [0.2, 0.25) is 0 Å². The Balaban J connectivity index is 1.93.